The fourth-order valence-electron chi connectivity index (χ4n) is 5.63. The Morgan fingerprint density at radius 3 is 1.07 bits per heavy atom. The largest absolute Gasteiger partial charge is 0.326 e. The molecule has 236 valence electrons. The number of anilines is 4. The van der Waals surface area contributed by atoms with Gasteiger partial charge in [-0.25, -0.2) is 0 Å². The Balaban J connectivity index is 0.996. The predicted molar refractivity (Wildman–Crippen MR) is 182 cm³/mol. The van der Waals surface area contributed by atoms with E-state index >= 15 is 0 Å². The number of nitrogens with one attached hydrogen (secondary N) is 4. The molecule has 4 aromatic rings. The van der Waals surface area contributed by atoms with Gasteiger partial charge in [0.1, 0.15) is 0 Å². The number of hydrogen-bond donors (Lipinski definition) is 4. The summed E-state index contributed by atoms with van der Waals surface area (Å²) >= 11 is 0. The Labute approximate surface area is 270 Å². The van der Waals surface area contributed by atoms with Crippen LogP contribution in [-0.2, 0) is 32.0 Å². The highest BCUT2D eigenvalue weighted by Gasteiger charge is 2.30. The summed E-state index contributed by atoms with van der Waals surface area (Å²) in [4.78, 5) is 50.5. The molecule has 0 aliphatic heterocycles. The fourth-order valence-corrected chi connectivity index (χ4v) is 5.63. The quantitative estimate of drug-likeness (QED) is 0.135. The zero-order chi connectivity index (χ0) is 32.1. The number of carbonyl (C=O) groups is 4. The van der Waals surface area contributed by atoms with Crippen LogP contribution in [0, 0.1) is 11.8 Å². The van der Waals surface area contributed by atoms with Crippen LogP contribution in [0.4, 0.5) is 22.7 Å². The monoisotopic (exact) mass is 616 g/mol. The van der Waals surface area contributed by atoms with Gasteiger partial charge in [0.2, 0.25) is 23.6 Å². The molecule has 4 aromatic carbocycles. The molecule has 1 aliphatic rings. The van der Waals surface area contributed by atoms with E-state index in [2.05, 4.69) is 21.3 Å². The average molecular weight is 617 g/mol. The minimum atomic E-state index is -0.161. The summed E-state index contributed by atoms with van der Waals surface area (Å²) in [6.45, 7) is 0. The summed E-state index contributed by atoms with van der Waals surface area (Å²) < 4.78 is 0. The zero-order valence-electron chi connectivity index (χ0n) is 25.8. The third-order valence-electron chi connectivity index (χ3n) is 8.31. The number of hydrogen-bond acceptors (Lipinski definition) is 4. The van der Waals surface area contributed by atoms with Gasteiger partial charge >= 0.3 is 0 Å². The molecule has 4 N–H and O–H groups in total. The minimum absolute atomic E-state index is 0.0556. The van der Waals surface area contributed by atoms with Crippen molar-refractivity contribution in [2.45, 2.75) is 51.4 Å². The summed E-state index contributed by atoms with van der Waals surface area (Å²) in [5, 5.41) is 11.8. The molecule has 0 saturated heterocycles. The van der Waals surface area contributed by atoms with Gasteiger partial charge in [0.25, 0.3) is 0 Å². The van der Waals surface area contributed by atoms with Crippen molar-refractivity contribution in [2.75, 3.05) is 21.3 Å². The molecule has 0 spiro atoms. The van der Waals surface area contributed by atoms with Crippen molar-refractivity contribution in [2.24, 2.45) is 11.8 Å². The highest BCUT2D eigenvalue weighted by Crippen LogP contribution is 2.31. The van der Waals surface area contributed by atoms with Crippen molar-refractivity contribution in [3.05, 3.63) is 120 Å². The van der Waals surface area contributed by atoms with Crippen LogP contribution in [0.1, 0.15) is 49.7 Å². The van der Waals surface area contributed by atoms with E-state index in [1.807, 2.05) is 60.7 Å². The van der Waals surface area contributed by atoms with E-state index in [0.717, 1.165) is 11.1 Å². The predicted octanol–water partition coefficient (Wildman–Crippen LogP) is 7.21. The third kappa shape index (κ3) is 9.89. The first-order valence-corrected chi connectivity index (χ1v) is 15.9. The van der Waals surface area contributed by atoms with E-state index in [1.165, 1.54) is 0 Å². The second kappa shape index (κ2) is 16.2. The molecule has 8 heteroatoms. The Kier molecular flexibility index (Phi) is 11.3. The SMILES string of the molecule is O=C(CCc1ccccc1)Nc1ccc(NC(=O)C2CCC(C(=O)Nc3ccc(NC(=O)CCc4ccccc4)cc3)CC2)cc1. The van der Waals surface area contributed by atoms with Gasteiger partial charge in [-0.1, -0.05) is 60.7 Å². The topological polar surface area (TPSA) is 116 Å². The lowest BCUT2D eigenvalue weighted by atomic mass is 9.81. The summed E-state index contributed by atoms with van der Waals surface area (Å²) in [5.74, 6) is -0.550. The first-order valence-electron chi connectivity index (χ1n) is 15.9. The van der Waals surface area contributed by atoms with Gasteiger partial charge in [-0.15, -0.1) is 0 Å². The number of aryl methyl sites for hydroxylation is 2. The lowest BCUT2D eigenvalue weighted by Crippen LogP contribution is -2.32. The van der Waals surface area contributed by atoms with E-state index in [1.54, 1.807) is 48.5 Å². The van der Waals surface area contributed by atoms with E-state index in [-0.39, 0.29) is 35.5 Å². The van der Waals surface area contributed by atoms with E-state index in [4.69, 9.17) is 0 Å². The van der Waals surface area contributed by atoms with Crippen LogP contribution >= 0.6 is 0 Å². The number of rotatable bonds is 12. The third-order valence-corrected chi connectivity index (χ3v) is 8.31. The molecule has 0 heterocycles. The molecular weight excluding hydrogens is 576 g/mol. The number of carbonyl (C=O) groups excluding carboxylic acids is 4. The standard InChI is InChI=1S/C38H40N4O4/c43-35(25-11-27-7-3-1-4-8-27)39-31-17-21-33(22-18-31)41-37(45)29-13-15-30(16-14-29)38(46)42-34-23-19-32(20-24-34)40-36(44)26-12-28-9-5-2-6-10-28/h1-10,17-24,29-30H,11-16,25-26H2,(H,39,43)(H,40,44)(H,41,45)(H,42,46). The van der Waals surface area contributed by atoms with Crippen molar-refractivity contribution in [3.8, 4) is 0 Å². The van der Waals surface area contributed by atoms with Crippen molar-refractivity contribution < 1.29 is 19.2 Å². The van der Waals surface area contributed by atoms with Gasteiger partial charge in [0.05, 0.1) is 0 Å². The summed E-state index contributed by atoms with van der Waals surface area (Å²) in [5.41, 5.74) is 4.94. The summed E-state index contributed by atoms with van der Waals surface area (Å²) in [6.07, 6.45) is 4.67. The molecular formula is C38H40N4O4. The summed E-state index contributed by atoms with van der Waals surface area (Å²) in [6, 6.07) is 34.0. The Hall–Kier alpha value is -5.24. The lowest BCUT2D eigenvalue weighted by Gasteiger charge is -2.27. The first kappa shape index (κ1) is 32.2. The van der Waals surface area contributed by atoms with Crippen LogP contribution < -0.4 is 21.3 Å². The maximum Gasteiger partial charge on any atom is 0.227 e. The Bertz CT molecular complexity index is 1480. The van der Waals surface area contributed by atoms with Crippen molar-refractivity contribution in [3.63, 3.8) is 0 Å². The second-order valence-corrected chi connectivity index (χ2v) is 11.7. The van der Waals surface area contributed by atoms with E-state index in [0.29, 0.717) is 74.1 Å². The molecule has 1 fully saturated rings. The molecule has 0 radical (unpaired) electrons. The van der Waals surface area contributed by atoms with Crippen LogP contribution in [0.15, 0.2) is 109 Å². The maximum absolute atomic E-state index is 12.9. The van der Waals surface area contributed by atoms with Crippen molar-refractivity contribution in [1.82, 2.24) is 0 Å². The Morgan fingerprint density at radius 2 is 0.739 bits per heavy atom. The van der Waals surface area contributed by atoms with Crippen LogP contribution in [0.3, 0.4) is 0 Å². The van der Waals surface area contributed by atoms with Crippen LogP contribution in [-0.4, -0.2) is 23.6 Å². The first-order chi connectivity index (χ1) is 22.4. The second-order valence-electron chi connectivity index (χ2n) is 11.7. The molecule has 0 unspecified atom stereocenters. The minimum Gasteiger partial charge on any atom is -0.326 e. The lowest BCUT2D eigenvalue weighted by molar-refractivity contribution is -0.125. The van der Waals surface area contributed by atoms with Crippen LogP contribution in [0.2, 0.25) is 0 Å². The highest BCUT2D eigenvalue weighted by molar-refractivity contribution is 5.96. The van der Waals surface area contributed by atoms with Gasteiger partial charge in [0.15, 0.2) is 0 Å². The molecule has 1 aliphatic carbocycles. The number of amides is 4. The van der Waals surface area contributed by atoms with E-state index < -0.39 is 0 Å². The molecule has 46 heavy (non-hydrogen) atoms. The molecule has 1 saturated carbocycles. The molecule has 0 aromatic heterocycles. The van der Waals surface area contributed by atoms with Gasteiger partial charge in [-0.2, -0.15) is 0 Å². The molecule has 8 nitrogen and oxygen atoms in total. The van der Waals surface area contributed by atoms with Gasteiger partial charge in [-0.3, -0.25) is 19.2 Å². The smallest absolute Gasteiger partial charge is 0.227 e. The average Bonchev–Trinajstić information content (AvgIpc) is 3.09. The van der Waals surface area contributed by atoms with Gasteiger partial charge in [0, 0.05) is 47.4 Å². The molecule has 4 amide bonds. The fraction of sp³-hybridized carbons (Fsp3) is 0.263. The van der Waals surface area contributed by atoms with Crippen molar-refractivity contribution >= 4 is 46.4 Å². The molecule has 0 atom stereocenters. The normalized spacial score (nSPS) is 15.7. The number of benzene rings is 4. The molecule has 5 rings (SSSR count). The maximum atomic E-state index is 12.9. The Morgan fingerprint density at radius 1 is 0.435 bits per heavy atom. The van der Waals surface area contributed by atoms with Crippen LogP contribution in [0.25, 0.3) is 0 Å². The van der Waals surface area contributed by atoms with Gasteiger partial charge in [-0.05, 0) is 98.2 Å². The molecule has 0 bridgehead atoms. The van der Waals surface area contributed by atoms with Crippen LogP contribution in [0.5, 0.6) is 0 Å². The van der Waals surface area contributed by atoms with Gasteiger partial charge < -0.3 is 21.3 Å². The van der Waals surface area contributed by atoms with E-state index in [9.17, 15) is 19.2 Å². The highest BCUT2D eigenvalue weighted by atomic mass is 16.2. The van der Waals surface area contributed by atoms with Crippen molar-refractivity contribution in [1.29, 1.82) is 0 Å². The zero-order valence-corrected chi connectivity index (χ0v) is 25.8. The summed E-state index contributed by atoms with van der Waals surface area (Å²) in [7, 11) is 0.